The van der Waals surface area contributed by atoms with E-state index in [-0.39, 0.29) is 4.90 Å². The SMILES string of the molecule is C[C@H]1C(=O)Nc2ccccc2N1S(=O)(=O)c1ccc(F)cc1. The fraction of sp³-hybridized carbons (Fsp3) is 0.133. The molecule has 1 atom stereocenters. The average molecular weight is 320 g/mol. The Morgan fingerprint density at radius 1 is 1.09 bits per heavy atom. The second-order valence-electron chi connectivity index (χ2n) is 4.94. The van der Waals surface area contributed by atoms with Gasteiger partial charge in [-0.2, -0.15) is 0 Å². The Hall–Kier alpha value is -2.41. The highest BCUT2D eigenvalue weighted by Gasteiger charge is 2.38. The van der Waals surface area contributed by atoms with Crippen LogP contribution in [0.1, 0.15) is 6.92 Å². The number of rotatable bonds is 2. The Morgan fingerprint density at radius 2 is 1.73 bits per heavy atom. The van der Waals surface area contributed by atoms with Crippen molar-refractivity contribution in [2.45, 2.75) is 17.9 Å². The minimum absolute atomic E-state index is 0.0646. The molecule has 0 saturated heterocycles. The van der Waals surface area contributed by atoms with Gasteiger partial charge in [0.15, 0.2) is 0 Å². The van der Waals surface area contributed by atoms with Crippen molar-refractivity contribution >= 4 is 27.3 Å². The van der Waals surface area contributed by atoms with Gasteiger partial charge in [-0.25, -0.2) is 12.8 Å². The highest BCUT2D eigenvalue weighted by atomic mass is 32.2. The maximum absolute atomic E-state index is 13.0. The molecule has 1 heterocycles. The summed E-state index contributed by atoms with van der Waals surface area (Å²) in [5.41, 5.74) is 0.815. The number of amides is 1. The molecule has 0 fully saturated rings. The third-order valence-corrected chi connectivity index (χ3v) is 5.40. The maximum atomic E-state index is 13.0. The van der Waals surface area contributed by atoms with Gasteiger partial charge in [-0.05, 0) is 43.3 Å². The predicted octanol–water partition coefficient (Wildman–Crippen LogP) is 2.36. The van der Waals surface area contributed by atoms with Gasteiger partial charge in [0.25, 0.3) is 10.0 Å². The summed E-state index contributed by atoms with van der Waals surface area (Å²) in [6.07, 6.45) is 0. The molecule has 0 radical (unpaired) electrons. The van der Waals surface area contributed by atoms with Crippen LogP contribution in [0.3, 0.4) is 0 Å². The Labute approximate surface area is 127 Å². The summed E-state index contributed by atoms with van der Waals surface area (Å²) in [4.78, 5) is 12.0. The van der Waals surface area contributed by atoms with Gasteiger partial charge in [0, 0.05) is 0 Å². The van der Waals surface area contributed by atoms with Crippen molar-refractivity contribution < 1.29 is 17.6 Å². The van der Waals surface area contributed by atoms with E-state index >= 15 is 0 Å². The summed E-state index contributed by atoms with van der Waals surface area (Å²) < 4.78 is 39.8. The number of fused-ring (bicyclic) bond motifs is 1. The second-order valence-corrected chi connectivity index (χ2v) is 6.75. The van der Waals surface area contributed by atoms with E-state index in [1.165, 1.54) is 19.1 Å². The molecular formula is C15H13FN2O3S. The lowest BCUT2D eigenvalue weighted by molar-refractivity contribution is -0.117. The van der Waals surface area contributed by atoms with E-state index < -0.39 is 27.8 Å². The zero-order valence-corrected chi connectivity index (χ0v) is 12.5. The van der Waals surface area contributed by atoms with Gasteiger partial charge in [0.1, 0.15) is 11.9 Å². The first-order valence-corrected chi connectivity index (χ1v) is 8.05. The van der Waals surface area contributed by atoms with Gasteiger partial charge < -0.3 is 5.32 Å². The van der Waals surface area contributed by atoms with Crippen LogP contribution in [0.2, 0.25) is 0 Å². The molecule has 3 rings (SSSR count). The zero-order chi connectivity index (χ0) is 15.9. The molecule has 1 amide bonds. The number of sulfonamides is 1. The molecule has 114 valence electrons. The number of carbonyl (C=O) groups excluding carboxylic acids is 1. The molecule has 0 saturated carbocycles. The van der Waals surface area contributed by atoms with E-state index in [0.717, 1.165) is 16.4 Å². The maximum Gasteiger partial charge on any atom is 0.265 e. The number of benzene rings is 2. The summed E-state index contributed by atoms with van der Waals surface area (Å²) in [6.45, 7) is 1.51. The van der Waals surface area contributed by atoms with Crippen LogP contribution in [0.4, 0.5) is 15.8 Å². The first kappa shape index (κ1) is 14.5. The number of para-hydroxylation sites is 2. The van der Waals surface area contributed by atoms with Crippen LogP contribution in [-0.2, 0) is 14.8 Å². The van der Waals surface area contributed by atoms with E-state index in [2.05, 4.69) is 5.32 Å². The number of anilines is 2. The van der Waals surface area contributed by atoms with Gasteiger partial charge in [0.05, 0.1) is 16.3 Å². The van der Waals surface area contributed by atoms with Crippen molar-refractivity contribution in [1.82, 2.24) is 0 Å². The van der Waals surface area contributed by atoms with Gasteiger partial charge in [-0.1, -0.05) is 12.1 Å². The smallest absolute Gasteiger partial charge is 0.265 e. The molecular weight excluding hydrogens is 307 g/mol. The minimum Gasteiger partial charge on any atom is -0.322 e. The quantitative estimate of drug-likeness (QED) is 0.924. The monoisotopic (exact) mass is 320 g/mol. The molecule has 0 aromatic heterocycles. The molecule has 1 N–H and O–H groups in total. The molecule has 0 aliphatic carbocycles. The summed E-state index contributed by atoms with van der Waals surface area (Å²) in [7, 11) is -3.97. The number of hydrogen-bond acceptors (Lipinski definition) is 3. The molecule has 0 spiro atoms. The van der Waals surface area contributed by atoms with Gasteiger partial charge >= 0.3 is 0 Å². The normalized spacial score (nSPS) is 17.8. The molecule has 7 heteroatoms. The zero-order valence-electron chi connectivity index (χ0n) is 11.7. The fourth-order valence-electron chi connectivity index (χ4n) is 2.38. The van der Waals surface area contributed by atoms with Crippen molar-refractivity contribution in [2.24, 2.45) is 0 Å². The Morgan fingerprint density at radius 3 is 2.41 bits per heavy atom. The van der Waals surface area contributed by atoms with E-state index in [0.29, 0.717) is 11.4 Å². The number of nitrogens with one attached hydrogen (secondary N) is 1. The second kappa shape index (κ2) is 5.10. The first-order chi connectivity index (χ1) is 10.4. The Bertz CT molecular complexity index is 834. The molecule has 0 unspecified atom stereocenters. The lowest BCUT2D eigenvalue weighted by Gasteiger charge is -2.35. The number of nitrogens with zero attached hydrogens (tertiary/aromatic N) is 1. The third kappa shape index (κ3) is 2.23. The van der Waals surface area contributed by atoms with Crippen molar-refractivity contribution in [2.75, 3.05) is 9.62 Å². The lowest BCUT2D eigenvalue weighted by Crippen LogP contribution is -2.49. The fourth-order valence-corrected chi connectivity index (χ4v) is 4.02. The van der Waals surface area contributed by atoms with Crippen LogP contribution in [0, 0.1) is 5.82 Å². The minimum atomic E-state index is -3.97. The molecule has 2 aromatic carbocycles. The summed E-state index contributed by atoms with van der Waals surface area (Å²) in [5.74, 6) is -0.937. The molecule has 1 aliphatic rings. The number of hydrogen-bond donors (Lipinski definition) is 1. The standard InChI is InChI=1S/C15H13FN2O3S/c1-10-15(19)17-13-4-2-3-5-14(13)18(10)22(20,21)12-8-6-11(16)7-9-12/h2-10H,1H3,(H,17,19)/t10-/m0/s1. The van der Waals surface area contributed by atoms with E-state index in [4.69, 9.17) is 0 Å². The average Bonchev–Trinajstić information content (AvgIpc) is 2.48. The highest BCUT2D eigenvalue weighted by Crippen LogP contribution is 2.35. The molecule has 2 aromatic rings. The highest BCUT2D eigenvalue weighted by molar-refractivity contribution is 7.93. The van der Waals surface area contributed by atoms with Crippen molar-refractivity contribution in [1.29, 1.82) is 0 Å². The summed E-state index contributed by atoms with van der Waals surface area (Å²) >= 11 is 0. The van der Waals surface area contributed by atoms with Crippen LogP contribution in [-0.4, -0.2) is 20.4 Å². The van der Waals surface area contributed by atoms with Crippen LogP contribution in [0.15, 0.2) is 53.4 Å². The van der Waals surface area contributed by atoms with Crippen molar-refractivity contribution in [3.63, 3.8) is 0 Å². The van der Waals surface area contributed by atoms with Crippen LogP contribution >= 0.6 is 0 Å². The molecule has 1 aliphatic heterocycles. The predicted molar refractivity (Wildman–Crippen MR) is 80.6 cm³/mol. The van der Waals surface area contributed by atoms with E-state index in [1.54, 1.807) is 24.3 Å². The Balaban J connectivity index is 2.17. The number of halogens is 1. The van der Waals surface area contributed by atoms with Crippen LogP contribution in [0.25, 0.3) is 0 Å². The van der Waals surface area contributed by atoms with Crippen LogP contribution < -0.4 is 9.62 Å². The van der Waals surface area contributed by atoms with Crippen LogP contribution in [0.5, 0.6) is 0 Å². The van der Waals surface area contributed by atoms with Gasteiger partial charge in [0.2, 0.25) is 5.91 Å². The Kier molecular flexibility index (Phi) is 3.37. The van der Waals surface area contributed by atoms with Gasteiger partial charge in [-0.3, -0.25) is 9.10 Å². The number of carbonyl (C=O) groups is 1. The topological polar surface area (TPSA) is 66.5 Å². The first-order valence-electron chi connectivity index (χ1n) is 6.61. The van der Waals surface area contributed by atoms with E-state index in [1.807, 2.05) is 0 Å². The largest absolute Gasteiger partial charge is 0.322 e. The van der Waals surface area contributed by atoms with Gasteiger partial charge in [-0.15, -0.1) is 0 Å². The molecule has 0 bridgehead atoms. The summed E-state index contributed by atoms with van der Waals surface area (Å²) in [5, 5.41) is 2.67. The van der Waals surface area contributed by atoms with Crippen molar-refractivity contribution in [3.8, 4) is 0 Å². The molecule has 22 heavy (non-hydrogen) atoms. The third-order valence-electron chi connectivity index (χ3n) is 3.50. The van der Waals surface area contributed by atoms with E-state index in [9.17, 15) is 17.6 Å². The summed E-state index contributed by atoms with van der Waals surface area (Å²) in [6, 6.07) is 10.3. The van der Waals surface area contributed by atoms with Crippen molar-refractivity contribution in [3.05, 3.63) is 54.3 Å². The lowest BCUT2D eigenvalue weighted by atomic mass is 10.1. The molecule has 5 nitrogen and oxygen atoms in total.